The minimum Gasteiger partial charge on any atom is -0.348 e. The molecule has 1 N–H and O–H groups in total. The molecule has 0 aromatic carbocycles. The molecule has 0 spiro atoms. The van der Waals surface area contributed by atoms with Crippen LogP contribution in [-0.4, -0.2) is 32.2 Å². The Labute approximate surface area is 104 Å². The number of pyridine rings is 1. The van der Waals surface area contributed by atoms with Gasteiger partial charge < -0.3 is 5.32 Å². The van der Waals surface area contributed by atoms with E-state index in [4.69, 9.17) is 0 Å². The topological polar surface area (TPSA) is 72.7 Å². The minimum absolute atomic E-state index is 0.171. The van der Waals surface area contributed by atoms with Crippen LogP contribution in [0.25, 0.3) is 5.82 Å². The SMILES string of the molecule is C=C(C)CNC(=O)c1ccc(-n2cncn2)nc1. The fourth-order valence-electron chi connectivity index (χ4n) is 1.32. The van der Waals surface area contributed by atoms with Gasteiger partial charge in [0.05, 0.1) is 5.56 Å². The van der Waals surface area contributed by atoms with E-state index in [1.165, 1.54) is 17.2 Å². The van der Waals surface area contributed by atoms with Gasteiger partial charge in [0.2, 0.25) is 0 Å². The van der Waals surface area contributed by atoms with Crippen LogP contribution in [0.5, 0.6) is 0 Å². The normalized spacial score (nSPS) is 10.1. The number of hydrogen-bond donors (Lipinski definition) is 1. The number of hydrogen-bond acceptors (Lipinski definition) is 4. The van der Waals surface area contributed by atoms with Gasteiger partial charge in [-0.3, -0.25) is 4.79 Å². The number of carbonyl (C=O) groups excluding carboxylic acids is 1. The van der Waals surface area contributed by atoms with Crippen molar-refractivity contribution in [3.63, 3.8) is 0 Å². The molecule has 1 amide bonds. The van der Waals surface area contributed by atoms with Crippen molar-refractivity contribution in [2.45, 2.75) is 6.92 Å². The summed E-state index contributed by atoms with van der Waals surface area (Å²) in [6, 6.07) is 3.40. The Morgan fingerprint density at radius 2 is 2.33 bits per heavy atom. The highest BCUT2D eigenvalue weighted by Crippen LogP contribution is 2.03. The zero-order chi connectivity index (χ0) is 13.0. The van der Waals surface area contributed by atoms with Gasteiger partial charge in [0.15, 0.2) is 5.82 Å². The van der Waals surface area contributed by atoms with Crippen molar-refractivity contribution in [3.05, 3.63) is 48.7 Å². The molecule has 0 aliphatic rings. The van der Waals surface area contributed by atoms with E-state index in [1.807, 2.05) is 6.92 Å². The van der Waals surface area contributed by atoms with E-state index in [2.05, 4.69) is 27.0 Å². The monoisotopic (exact) mass is 243 g/mol. The van der Waals surface area contributed by atoms with Crippen molar-refractivity contribution in [2.75, 3.05) is 6.54 Å². The van der Waals surface area contributed by atoms with Crippen LogP contribution < -0.4 is 5.32 Å². The molecule has 0 fully saturated rings. The molecule has 0 atom stereocenters. The van der Waals surface area contributed by atoms with E-state index in [9.17, 15) is 4.79 Å². The van der Waals surface area contributed by atoms with Crippen molar-refractivity contribution < 1.29 is 4.79 Å². The van der Waals surface area contributed by atoms with Gasteiger partial charge in [-0.1, -0.05) is 12.2 Å². The molecule has 18 heavy (non-hydrogen) atoms. The molecule has 0 saturated carbocycles. The molecule has 0 radical (unpaired) electrons. The molecule has 92 valence electrons. The second-order valence-electron chi connectivity index (χ2n) is 3.88. The van der Waals surface area contributed by atoms with E-state index < -0.39 is 0 Å². The molecule has 6 nitrogen and oxygen atoms in total. The highest BCUT2D eigenvalue weighted by molar-refractivity contribution is 5.94. The lowest BCUT2D eigenvalue weighted by Crippen LogP contribution is -2.25. The van der Waals surface area contributed by atoms with Gasteiger partial charge in [-0.15, -0.1) is 0 Å². The summed E-state index contributed by atoms with van der Waals surface area (Å²) in [6.45, 7) is 6.04. The summed E-state index contributed by atoms with van der Waals surface area (Å²) in [4.78, 5) is 19.7. The van der Waals surface area contributed by atoms with Crippen molar-refractivity contribution in [1.82, 2.24) is 25.1 Å². The third-order valence-electron chi connectivity index (χ3n) is 2.21. The molecule has 2 heterocycles. The predicted octanol–water partition coefficient (Wildman–Crippen LogP) is 0.968. The van der Waals surface area contributed by atoms with E-state index >= 15 is 0 Å². The van der Waals surface area contributed by atoms with Gasteiger partial charge in [-0.25, -0.2) is 14.6 Å². The average molecular weight is 243 g/mol. The molecule has 0 saturated heterocycles. The van der Waals surface area contributed by atoms with Gasteiger partial charge in [-0.05, 0) is 19.1 Å². The van der Waals surface area contributed by atoms with E-state index in [1.54, 1.807) is 18.5 Å². The highest BCUT2D eigenvalue weighted by Gasteiger charge is 2.06. The number of nitrogens with zero attached hydrogens (tertiary/aromatic N) is 4. The van der Waals surface area contributed by atoms with Gasteiger partial charge >= 0.3 is 0 Å². The number of amides is 1. The lowest BCUT2D eigenvalue weighted by atomic mass is 10.2. The van der Waals surface area contributed by atoms with Crippen LogP contribution in [0.15, 0.2) is 43.1 Å². The summed E-state index contributed by atoms with van der Waals surface area (Å²) in [7, 11) is 0. The van der Waals surface area contributed by atoms with Crippen LogP contribution in [-0.2, 0) is 0 Å². The first-order chi connectivity index (χ1) is 8.66. The lowest BCUT2D eigenvalue weighted by molar-refractivity contribution is 0.0956. The first-order valence-corrected chi connectivity index (χ1v) is 5.40. The van der Waals surface area contributed by atoms with Gasteiger partial charge in [0.25, 0.3) is 5.91 Å². The Kier molecular flexibility index (Phi) is 3.47. The van der Waals surface area contributed by atoms with Gasteiger partial charge in [-0.2, -0.15) is 5.10 Å². The third-order valence-corrected chi connectivity index (χ3v) is 2.21. The number of aromatic nitrogens is 4. The van der Waals surface area contributed by atoms with Crippen LogP contribution in [0.2, 0.25) is 0 Å². The number of nitrogens with one attached hydrogen (secondary N) is 1. The Morgan fingerprint density at radius 1 is 1.50 bits per heavy atom. The van der Waals surface area contributed by atoms with Crippen LogP contribution in [0.1, 0.15) is 17.3 Å². The zero-order valence-electron chi connectivity index (χ0n) is 10.00. The van der Waals surface area contributed by atoms with Crippen molar-refractivity contribution in [3.8, 4) is 5.82 Å². The molecular weight excluding hydrogens is 230 g/mol. The molecule has 0 unspecified atom stereocenters. The Bertz CT molecular complexity index is 544. The van der Waals surface area contributed by atoms with Crippen LogP contribution >= 0.6 is 0 Å². The maximum Gasteiger partial charge on any atom is 0.253 e. The maximum atomic E-state index is 11.7. The largest absolute Gasteiger partial charge is 0.348 e. The summed E-state index contributed by atoms with van der Waals surface area (Å²) >= 11 is 0. The minimum atomic E-state index is -0.171. The lowest BCUT2D eigenvalue weighted by Gasteiger charge is -2.05. The second kappa shape index (κ2) is 5.22. The number of rotatable bonds is 4. The van der Waals surface area contributed by atoms with Gasteiger partial charge in [0.1, 0.15) is 12.7 Å². The van der Waals surface area contributed by atoms with E-state index in [0.717, 1.165) is 5.57 Å². The van der Waals surface area contributed by atoms with E-state index in [-0.39, 0.29) is 5.91 Å². The first-order valence-electron chi connectivity index (χ1n) is 5.40. The summed E-state index contributed by atoms with van der Waals surface area (Å²) in [6.07, 6.45) is 4.48. The van der Waals surface area contributed by atoms with Crippen LogP contribution in [0.4, 0.5) is 0 Å². The molecule has 2 rings (SSSR count). The van der Waals surface area contributed by atoms with Crippen LogP contribution in [0.3, 0.4) is 0 Å². The fourth-order valence-corrected chi connectivity index (χ4v) is 1.32. The average Bonchev–Trinajstić information content (AvgIpc) is 2.90. The molecule has 0 aliphatic heterocycles. The Balaban J connectivity index is 2.08. The predicted molar refractivity (Wildman–Crippen MR) is 66.3 cm³/mol. The Hall–Kier alpha value is -2.50. The molecule has 2 aromatic heterocycles. The van der Waals surface area contributed by atoms with Crippen molar-refractivity contribution >= 4 is 5.91 Å². The molecule has 0 bridgehead atoms. The third kappa shape index (κ3) is 2.79. The second-order valence-corrected chi connectivity index (χ2v) is 3.88. The summed E-state index contributed by atoms with van der Waals surface area (Å²) < 4.78 is 1.52. The van der Waals surface area contributed by atoms with E-state index in [0.29, 0.717) is 17.9 Å². The summed E-state index contributed by atoms with van der Waals surface area (Å²) in [5.74, 6) is 0.444. The smallest absolute Gasteiger partial charge is 0.253 e. The van der Waals surface area contributed by atoms with Gasteiger partial charge in [0, 0.05) is 12.7 Å². The van der Waals surface area contributed by atoms with Crippen molar-refractivity contribution in [1.29, 1.82) is 0 Å². The molecule has 6 heteroatoms. The highest BCUT2D eigenvalue weighted by atomic mass is 16.1. The number of carbonyl (C=O) groups is 1. The standard InChI is InChI=1S/C12H13N5O/c1-9(2)5-15-12(18)10-3-4-11(14-6-10)17-8-13-7-16-17/h3-4,6-8H,1,5H2,2H3,(H,15,18). The molecule has 2 aromatic rings. The van der Waals surface area contributed by atoms with Crippen LogP contribution in [0, 0.1) is 0 Å². The quantitative estimate of drug-likeness (QED) is 0.812. The van der Waals surface area contributed by atoms with Crippen molar-refractivity contribution in [2.24, 2.45) is 0 Å². The summed E-state index contributed by atoms with van der Waals surface area (Å²) in [5.41, 5.74) is 1.40. The fraction of sp³-hybridized carbons (Fsp3) is 0.167. The zero-order valence-corrected chi connectivity index (χ0v) is 10.00. The Morgan fingerprint density at radius 3 is 2.89 bits per heavy atom. The first kappa shape index (κ1) is 12.0. The maximum absolute atomic E-state index is 11.7. The summed E-state index contributed by atoms with van der Waals surface area (Å²) in [5, 5.41) is 6.69. The molecule has 0 aliphatic carbocycles. The molecular formula is C12H13N5O.